The molecule has 0 saturated carbocycles. The third-order valence-electron chi connectivity index (χ3n) is 9.53. The van der Waals surface area contributed by atoms with Gasteiger partial charge in [-0.2, -0.15) is 0 Å². The van der Waals surface area contributed by atoms with Crippen LogP contribution in [0.2, 0.25) is 0 Å². The van der Waals surface area contributed by atoms with Crippen molar-refractivity contribution in [3.05, 3.63) is 12.2 Å². The molecule has 0 aromatic carbocycles. The van der Waals surface area contributed by atoms with Gasteiger partial charge in [0.2, 0.25) is 0 Å². The van der Waals surface area contributed by atoms with Crippen LogP contribution in [0.1, 0.15) is 226 Å². The monoisotopic (exact) mass is 745 g/mol. The van der Waals surface area contributed by atoms with Gasteiger partial charge < -0.3 is 19.3 Å². The van der Waals surface area contributed by atoms with Crippen LogP contribution >= 0.6 is 7.82 Å². The maximum absolute atomic E-state index is 12.4. The molecule has 0 heterocycles. The molecule has 0 aliphatic carbocycles. The average molecular weight is 745 g/mol. The van der Waals surface area contributed by atoms with Gasteiger partial charge in [0.25, 0.3) is 0 Å². The number of allylic oxidation sites excluding steroid dienone is 2. The Labute approximate surface area is 314 Å². The van der Waals surface area contributed by atoms with E-state index in [1.54, 1.807) is 0 Å². The van der Waals surface area contributed by atoms with E-state index in [2.05, 4.69) is 30.5 Å². The lowest BCUT2D eigenvalue weighted by Crippen LogP contribution is -2.29. The van der Waals surface area contributed by atoms with Crippen molar-refractivity contribution >= 4 is 19.8 Å². The fraction of sp³-hybridized carbons (Fsp3) is 0.905. The molecular formula is C42H81O8P. The van der Waals surface area contributed by atoms with Crippen LogP contribution in [0.4, 0.5) is 0 Å². The summed E-state index contributed by atoms with van der Waals surface area (Å²) in [5.74, 6) is -0.884. The minimum Gasteiger partial charge on any atom is -0.462 e. The largest absolute Gasteiger partial charge is 0.469 e. The van der Waals surface area contributed by atoms with Crippen molar-refractivity contribution in [2.45, 2.75) is 232 Å². The summed E-state index contributed by atoms with van der Waals surface area (Å²) in [6.07, 6.45) is 42.3. The Balaban J connectivity index is 3.81. The summed E-state index contributed by atoms with van der Waals surface area (Å²) in [5, 5.41) is 0. The second-order valence-electron chi connectivity index (χ2n) is 14.7. The summed E-state index contributed by atoms with van der Waals surface area (Å²) in [6.45, 7) is 3.67. The van der Waals surface area contributed by atoms with Crippen LogP contribution < -0.4 is 0 Å². The second-order valence-corrected chi connectivity index (χ2v) is 15.9. The van der Waals surface area contributed by atoms with E-state index in [-0.39, 0.29) is 19.4 Å². The molecule has 302 valence electrons. The summed E-state index contributed by atoms with van der Waals surface area (Å²) in [6, 6.07) is 0. The van der Waals surface area contributed by atoms with Gasteiger partial charge in [-0.15, -0.1) is 0 Å². The van der Waals surface area contributed by atoms with E-state index in [9.17, 15) is 14.2 Å². The average Bonchev–Trinajstić information content (AvgIpc) is 3.10. The first kappa shape index (κ1) is 49.8. The van der Waals surface area contributed by atoms with E-state index >= 15 is 0 Å². The van der Waals surface area contributed by atoms with Crippen LogP contribution in [0, 0.1) is 0 Å². The van der Waals surface area contributed by atoms with Crippen LogP contribution in [-0.4, -0.2) is 41.0 Å². The van der Waals surface area contributed by atoms with Gasteiger partial charge in [-0.1, -0.05) is 187 Å². The molecular weight excluding hydrogens is 663 g/mol. The third-order valence-corrected chi connectivity index (χ3v) is 10.0. The van der Waals surface area contributed by atoms with Gasteiger partial charge in [0.05, 0.1) is 6.61 Å². The predicted octanol–water partition coefficient (Wildman–Crippen LogP) is 13.0. The lowest BCUT2D eigenvalue weighted by Gasteiger charge is -2.18. The first-order chi connectivity index (χ1) is 24.8. The standard InChI is InChI=1S/C42H81O8P/c1-3-5-7-9-11-13-15-17-18-19-20-21-22-23-24-25-27-28-30-32-34-36-41(43)48-38-40(39-49-51(45,46)47)50-42(44)37-35-33-31-29-26-16-14-12-10-8-6-4-2/h12,14,40H,3-11,13,15-39H2,1-2H3,(H2,45,46,47)/b14-12-. The summed E-state index contributed by atoms with van der Waals surface area (Å²) in [5.41, 5.74) is 0. The molecule has 9 heteroatoms. The van der Waals surface area contributed by atoms with E-state index in [0.717, 1.165) is 57.8 Å². The zero-order valence-electron chi connectivity index (χ0n) is 33.3. The topological polar surface area (TPSA) is 119 Å². The first-order valence-corrected chi connectivity index (χ1v) is 23.0. The Bertz CT molecular complexity index is 843. The molecule has 0 aromatic heterocycles. The number of hydrogen-bond acceptors (Lipinski definition) is 6. The van der Waals surface area contributed by atoms with Gasteiger partial charge in [0.15, 0.2) is 6.10 Å². The molecule has 0 fully saturated rings. The van der Waals surface area contributed by atoms with Crippen molar-refractivity contribution in [3.63, 3.8) is 0 Å². The number of carbonyl (C=O) groups excluding carboxylic acids is 2. The van der Waals surface area contributed by atoms with Gasteiger partial charge >= 0.3 is 19.8 Å². The minimum absolute atomic E-state index is 0.205. The van der Waals surface area contributed by atoms with Crippen molar-refractivity contribution < 1.29 is 37.9 Å². The lowest BCUT2D eigenvalue weighted by molar-refractivity contribution is -0.161. The number of unbranched alkanes of at least 4 members (excludes halogenated alkanes) is 28. The van der Waals surface area contributed by atoms with Crippen molar-refractivity contribution in [1.29, 1.82) is 0 Å². The second kappa shape index (κ2) is 38.5. The maximum Gasteiger partial charge on any atom is 0.469 e. The summed E-state index contributed by atoms with van der Waals surface area (Å²) in [7, 11) is -4.75. The quantitative estimate of drug-likeness (QED) is 0.0275. The maximum atomic E-state index is 12.4. The Morgan fingerprint density at radius 3 is 1.24 bits per heavy atom. The molecule has 2 N–H and O–H groups in total. The summed E-state index contributed by atoms with van der Waals surface area (Å²) in [4.78, 5) is 42.8. The van der Waals surface area contributed by atoms with Gasteiger partial charge in [0, 0.05) is 12.8 Å². The Morgan fingerprint density at radius 2 is 0.824 bits per heavy atom. The Hall–Kier alpha value is -1.21. The molecule has 0 bridgehead atoms. The number of rotatable bonds is 40. The van der Waals surface area contributed by atoms with Crippen molar-refractivity contribution in [1.82, 2.24) is 0 Å². The van der Waals surface area contributed by atoms with Gasteiger partial charge in [0.1, 0.15) is 6.61 Å². The van der Waals surface area contributed by atoms with Gasteiger partial charge in [-0.05, 0) is 38.5 Å². The molecule has 1 unspecified atom stereocenters. The minimum atomic E-state index is -4.75. The molecule has 0 radical (unpaired) electrons. The number of carbonyl (C=O) groups is 2. The van der Waals surface area contributed by atoms with Crippen LogP contribution in [-0.2, 0) is 28.2 Å². The van der Waals surface area contributed by atoms with Crippen LogP contribution in [0.5, 0.6) is 0 Å². The zero-order valence-corrected chi connectivity index (χ0v) is 34.2. The fourth-order valence-corrected chi connectivity index (χ4v) is 6.67. The zero-order chi connectivity index (χ0) is 37.5. The molecule has 8 nitrogen and oxygen atoms in total. The van der Waals surface area contributed by atoms with Crippen LogP contribution in [0.25, 0.3) is 0 Å². The van der Waals surface area contributed by atoms with Crippen LogP contribution in [0.15, 0.2) is 12.2 Å². The smallest absolute Gasteiger partial charge is 0.462 e. The van der Waals surface area contributed by atoms with Crippen molar-refractivity contribution in [3.8, 4) is 0 Å². The molecule has 51 heavy (non-hydrogen) atoms. The van der Waals surface area contributed by atoms with Gasteiger partial charge in [-0.3, -0.25) is 14.1 Å². The van der Waals surface area contributed by atoms with E-state index in [4.69, 9.17) is 19.3 Å². The number of esters is 2. The lowest BCUT2D eigenvalue weighted by atomic mass is 10.0. The number of phosphoric ester groups is 1. The molecule has 0 rings (SSSR count). The normalized spacial score (nSPS) is 12.5. The molecule has 0 amide bonds. The van der Waals surface area contributed by atoms with E-state index < -0.39 is 32.5 Å². The highest BCUT2D eigenvalue weighted by atomic mass is 31.2. The fourth-order valence-electron chi connectivity index (χ4n) is 6.31. The van der Waals surface area contributed by atoms with Crippen molar-refractivity contribution in [2.24, 2.45) is 0 Å². The molecule has 1 atom stereocenters. The molecule has 0 aliphatic rings. The highest BCUT2D eigenvalue weighted by Gasteiger charge is 2.22. The molecule has 0 aromatic rings. The number of hydrogen-bond donors (Lipinski definition) is 2. The Kier molecular flexibility index (Phi) is 37.6. The van der Waals surface area contributed by atoms with E-state index in [1.807, 2.05) is 0 Å². The first-order valence-electron chi connectivity index (χ1n) is 21.5. The summed E-state index contributed by atoms with van der Waals surface area (Å²) >= 11 is 0. The van der Waals surface area contributed by atoms with Gasteiger partial charge in [-0.25, -0.2) is 4.57 Å². The Morgan fingerprint density at radius 1 is 0.490 bits per heavy atom. The highest BCUT2D eigenvalue weighted by molar-refractivity contribution is 7.46. The van der Waals surface area contributed by atoms with Crippen molar-refractivity contribution in [2.75, 3.05) is 13.2 Å². The molecule has 0 aliphatic heterocycles. The number of ether oxygens (including phenoxy) is 2. The van der Waals surface area contributed by atoms with E-state index in [0.29, 0.717) is 6.42 Å². The van der Waals surface area contributed by atoms with Crippen LogP contribution in [0.3, 0.4) is 0 Å². The molecule has 0 saturated heterocycles. The third kappa shape index (κ3) is 41.4. The highest BCUT2D eigenvalue weighted by Crippen LogP contribution is 2.36. The predicted molar refractivity (Wildman–Crippen MR) is 212 cm³/mol. The summed E-state index contributed by atoms with van der Waals surface area (Å²) < 4.78 is 26.4. The molecule has 0 spiro atoms. The SMILES string of the molecule is CCCCC/C=C\CCCCCCCC(=O)OC(COC(=O)CCCCCCCCCCCCCCCCCCCCCCC)COP(=O)(O)O. The van der Waals surface area contributed by atoms with E-state index in [1.165, 1.54) is 135 Å². The number of phosphoric acid groups is 1.